The minimum atomic E-state index is -4.99. The summed E-state index contributed by atoms with van der Waals surface area (Å²) in [6, 6.07) is 9.24. The molecule has 3 aromatic rings. The van der Waals surface area contributed by atoms with E-state index in [9.17, 15) is 31.9 Å². The van der Waals surface area contributed by atoms with Crippen molar-refractivity contribution in [3.8, 4) is 17.0 Å². The molecule has 2 saturated heterocycles. The molecule has 0 radical (unpaired) electrons. The fraction of sp³-hybridized carbons (Fsp3) is 0.308. The minimum absolute atomic E-state index is 0.0240. The molecule has 39 heavy (non-hydrogen) atoms. The number of nitrogens with one attached hydrogen (secondary N) is 2. The summed E-state index contributed by atoms with van der Waals surface area (Å²) in [7, 11) is 0. The maximum Gasteiger partial charge on any atom is 0.573 e. The summed E-state index contributed by atoms with van der Waals surface area (Å²) in [4.78, 5) is 18.9. The molecule has 3 atom stereocenters. The fourth-order valence-electron chi connectivity index (χ4n) is 4.69. The number of hydrogen-bond acceptors (Lipinski definition) is 7. The number of carbonyl (C=O) groups excluding carboxylic acids is 1. The molecule has 2 aliphatic heterocycles. The van der Waals surface area contributed by atoms with E-state index in [2.05, 4.69) is 20.4 Å². The zero-order chi connectivity index (χ0) is 27.7. The highest BCUT2D eigenvalue weighted by Gasteiger charge is 2.39. The summed E-state index contributed by atoms with van der Waals surface area (Å²) >= 11 is 0. The van der Waals surface area contributed by atoms with Crippen LogP contribution in [0.4, 0.5) is 33.3 Å². The number of aliphatic hydroxyl groups excluding tert-OH is 1. The fourth-order valence-corrected chi connectivity index (χ4v) is 4.69. The SMILES string of the molecule is O=C(Nc1ccc(-c2cc(F)cc(F)c2)nc1)c1ccc(OC(F)(F)F)c(NC(O)CN2CC3CC2CO3)c1. The van der Waals surface area contributed by atoms with Gasteiger partial charge in [-0.3, -0.25) is 14.7 Å². The first-order chi connectivity index (χ1) is 18.5. The van der Waals surface area contributed by atoms with E-state index in [1.165, 1.54) is 18.3 Å². The van der Waals surface area contributed by atoms with Crippen molar-refractivity contribution in [2.24, 2.45) is 0 Å². The molecule has 3 heterocycles. The van der Waals surface area contributed by atoms with E-state index in [-0.39, 0.29) is 46.9 Å². The average Bonchev–Trinajstić information content (AvgIpc) is 3.47. The van der Waals surface area contributed by atoms with Gasteiger partial charge in [-0.2, -0.15) is 0 Å². The van der Waals surface area contributed by atoms with Crippen molar-refractivity contribution in [3.63, 3.8) is 0 Å². The molecule has 2 fully saturated rings. The molecule has 1 aromatic heterocycles. The summed E-state index contributed by atoms with van der Waals surface area (Å²) in [5.41, 5.74) is 0.448. The molecule has 0 saturated carbocycles. The molecule has 2 aliphatic rings. The molecule has 3 N–H and O–H groups in total. The number of amides is 1. The molecule has 13 heteroatoms. The van der Waals surface area contributed by atoms with Crippen LogP contribution in [0.1, 0.15) is 16.8 Å². The number of nitrogens with zero attached hydrogens (tertiary/aromatic N) is 2. The Balaban J connectivity index is 1.29. The summed E-state index contributed by atoms with van der Waals surface area (Å²) < 4.78 is 75.5. The van der Waals surface area contributed by atoms with E-state index in [1.807, 2.05) is 4.90 Å². The van der Waals surface area contributed by atoms with Crippen molar-refractivity contribution < 1.29 is 41.3 Å². The smallest absolute Gasteiger partial charge is 0.404 e. The van der Waals surface area contributed by atoms with Crippen LogP contribution in [0, 0.1) is 11.6 Å². The largest absolute Gasteiger partial charge is 0.573 e. The first-order valence-corrected chi connectivity index (χ1v) is 12.0. The van der Waals surface area contributed by atoms with Crippen LogP contribution in [-0.4, -0.2) is 65.3 Å². The molecule has 2 aromatic carbocycles. The molecular weight excluding hydrogens is 527 g/mol. The zero-order valence-electron chi connectivity index (χ0n) is 20.2. The molecule has 2 bridgehead atoms. The molecule has 0 aliphatic carbocycles. The number of rotatable bonds is 8. The first-order valence-electron chi connectivity index (χ1n) is 12.0. The monoisotopic (exact) mass is 550 g/mol. The van der Waals surface area contributed by atoms with Gasteiger partial charge in [-0.15, -0.1) is 13.2 Å². The number of anilines is 2. The zero-order valence-corrected chi connectivity index (χ0v) is 20.2. The minimum Gasteiger partial charge on any atom is -0.404 e. The van der Waals surface area contributed by atoms with E-state index in [0.29, 0.717) is 13.2 Å². The van der Waals surface area contributed by atoms with E-state index >= 15 is 0 Å². The van der Waals surface area contributed by atoms with Crippen LogP contribution >= 0.6 is 0 Å². The Morgan fingerprint density at radius 2 is 1.92 bits per heavy atom. The Labute approximate surface area is 219 Å². The van der Waals surface area contributed by atoms with Crippen molar-refractivity contribution >= 4 is 17.3 Å². The number of morpholine rings is 1. The van der Waals surface area contributed by atoms with Crippen molar-refractivity contribution in [1.82, 2.24) is 9.88 Å². The van der Waals surface area contributed by atoms with E-state index < -0.39 is 35.9 Å². The van der Waals surface area contributed by atoms with E-state index in [1.54, 1.807) is 0 Å². The second-order valence-corrected chi connectivity index (χ2v) is 9.26. The lowest BCUT2D eigenvalue weighted by Crippen LogP contribution is -2.43. The van der Waals surface area contributed by atoms with Gasteiger partial charge in [0.2, 0.25) is 0 Å². The van der Waals surface area contributed by atoms with Gasteiger partial charge in [-0.25, -0.2) is 8.78 Å². The predicted octanol–water partition coefficient (Wildman–Crippen LogP) is 4.38. The number of carbonyl (C=O) groups is 1. The lowest BCUT2D eigenvalue weighted by atomic mass is 10.1. The van der Waals surface area contributed by atoms with Crippen LogP contribution in [0.15, 0.2) is 54.7 Å². The van der Waals surface area contributed by atoms with Gasteiger partial charge in [0, 0.05) is 36.3 Å². The highest BCUT2D eigenvalue weighted by molar-refractivity contribution is 6.05. The third kappa shape index (κ3) is 6.61. The molecule has 0 spiro atoms. The number of aliphatic hydroxyl groups is 1. The third-order valence-corrected chi connectivity index (χ3v) is 6.39. The molecule has 206 valence electrons. The first kappa shape index (κ1) is 26.8. The predicted molar refractivity (Wildman–Crippen MR) is 130 cm³/mol. The van der Waals surface area contributed by atoms with Gasteiger partial charge >= 0.3 is 6.36 Å². The van der Waals surface area contributed by atoms with Crippen LogP contribution in [0.25, 0.3) is 11.3 Å². The quantitative estimate of drug-likeness (QED) is 0.283. The number of halogens is 5. The lowest BCUT2D eigenvalue weighted by molar-refractivity contribution is -0.274. The highest BCUT2D eigenvalue weighted by atomic mass is 19.4. The number of fused-ring (bicyclic) bond motifs is 2. The Morgan fingerprint density at radius 1 is 1.15 bits per heavy atom. The van der Waals surface area contributed by atoms with E-state index in [4.69, 9.17) is 4.74 Å². The number of hydrogen-bond donors (Lipinski definition) is 3. The third-order valence-electron chi connectivity index (χ3n) is 6.39. The number of benzene rings is 2. The van der Waals surface area contributed by atoms with Crippen LogP contribution in [-0.2, 0) is 4.74 Å². The van der Waals surface area contributed by atoms with Gasteiger partial charge < -0.3 is 25.2 Å². The van der Waals surface area contributed by atoms with Crippen LogP contribution in [0.5, 0.6) is 5.75 Å². The van der Waals surface area contributed by atoms with Gasteiger partial charge in [0.05, 0.1) is 36.0 Å². The highest BCUT2D eigenvalue weighted by Crippen LogP contribution is 2.33. The van der Waals surface area contributed by atoms with Crippen molar-refractivity contribution in [1.29, 1.82) is 0 Å². The Kier molecular flexibility index (Phi) is 7.38. The summed E-state index contributed by atoms with van der Waals surface area (Å²) in [6.45, 7) is 1.28. The van der Waals surface area contributed by atoms with Crippen molar-refractivity contribution in [2.45, 2.75) is 31.2 Å². The maximum atomic E-state index is 13.5. The summed E-state index contributed by atoms with van der Waals surface area (Å²) in [6.07, 6.45) is -4.05. The molecule has 3 unspecified atom stereocenters. The van der Waals surface area contributed by atoms with Gasteiger partial charge in [0.15, 0.2) is 5.75 Å². The number of likely N-dealkylation sites (tertiary alicyclic amines) is 1. The second-order valence-electron chi connectivity index (χ2n) is 9.26. The lowest BCUT2D eigenvalue weighted by Gasteiger charge is -2.29. The Bertz CT molecular complexity index is 1330. The maximum absolute atomic E-state index is 13.5. The second kappa shape index (κ2) is 10.8. The van der Waals surface area contributed by atoms with Crippen LogP contribution < -0.4 is 15.4 Å². The van der Waals surface area contributed by atoms with Crippen molar-refractivity contribution in [3.05, 3.63) is 71.9 Å². The van der Waals surface area contributed by atoms with Gasteiger partial charge in [-0.1, -0.05) is 0 Å². The number of alkyl halides is 3. The number of pyridine rings is 1. The molecular formula is C26H23F5N4O4. The molecule has 1 amide bonds. The summed E-state index contributed by atoms with van der Waals surface area (Å²) in [5, 5.41) is 15.7. The number of ether oxygens (including phenoxy) is 2. The summed E-state index contributed by atoms with van der Waals surface area (Å²) in [5.74, 6) is -2.82. The van der Waals surface area contributed by atoms with Gasteiger partial charge in [0.25, 0.3) is 5.91 Å². The van der Waals surface area contributed by atoms with Crippen LogP contribution in [0.3, 0.4) is 0 Å². The van der Waals surface area contributed by atoms with Crippen molar-refractivity contribution in [2.75, 3.05) is 30.3 Å². The number of aromatic nitrogens is 1. The van der Waals surface area contributed by atoms with Crippen LogP contribution in [0.2, 0.25) is 0 Å². The molecule has 8 nitrogen and oxygen atoms in total. The Morgan fingerprint density at radius 3 is 2.54 bits per heavy atom. The number of β-amino-alcohol motifs (C(OH)–C–C–N with tert-alkyl or cyclic N) is 1. The average molecular weight is 550 g/mol. The van der Waals surface area contributed by atoms with Gasteiger partial charge in [0.1, 0.15) is 17.9 Å². The van der Waals surface area contributed by atoms with E-state index in [0.717, 1.165) is 42.8 Å². The normalized spacial score (nSPS) is 19.6. The standard InChI is InChI=1S/C26H23F5N4O4/c27-16-5-15(6-17(28)8-16)21-3-2-18(10-32-21)33-25(37)14-1-4-23(39-26(29,30)31)22(7-14)34-24(36)12-35-11-20-9-19(35)13-38-20/h1-8,10,19-20,24,34,36H,9,11-13H2,(H,33,37). The molecule has 5 rings (SSSR count). The topological polar surface area (TPSA) is 96.0 Å². The Hall–Kier alpha value is -3.81. The van der Waals surface area contributed by atoms with Gasteiger partial charge in [-0.05, 0) is 48.9 Å².